The Labute approximate surface area is 76.1 Å². The van der Waals surface area contributed by atoms with Crippen LogP contribution in [0.25, 0.3) is 0 Å². The molecule has 1 unspecified atom stereocenters. The fourth-order valence-corrected chi connectivity index (χ4v) is 0.998. The lowest BCUT2D eigenvalue weighted by atomic mass is 9.85. The lowest BCUT2D eigenvalue weighted by molar-refractivity contribution is 0.352. The van der Waals surface area contributed by atoms with E-state index < -0.39 is 0 Å². The Bertz CT molecular complexity index is 190. The van der Waals surface area contributed by atoms with E-state index >= 15 is 0 Å². The molecule has 1 atom stereocenters. The van der Waals surface area contributed by atoms with Crippen molar-refractivity contribution >= 4 is 0 Å². The summed E-state index contributed by atoms with van der Waals surface area (Å²) in [5.74, 6) is 0.0456. The van der Waals surface area contributed by atoms with E-state index in [9.17, 15) is 0 Å². The molecule has 0 rings (SSSR count). The van der Waals surface area contributed by atoms with E-state index in [0.717, 1.165) is 18.4 Å². The lowest BCUT2D eigenvalue weighted by Crippen LogP contribution is -2.08. The second kappa shape index (κ2) is 4.30. The lowest BCUT2D eigenvalue weighted by Gasteiger charge is -2.19. The van der Waals surface area contributed by atoms with Gasteiger partial charge < -0.3 is 0 Å². The van der Waals surface area contributed by atoms with Crippen LogP contribution in [0.4, 0.5) is 0 Å². The van der Waals surface area contributed by atoms with E-state index in [1.165, 1.54) is 0 Å². The van der Waals surface area contributed by atoms with Crippen LogP contribution in [0.15, 0.2) is 12.2 Å². The molecule has 0 heterocycles. The quantitative estimate of drug-likeness (QED) is 0.587. The molecule has 0 aliphatic carbocycles. The van der Waals surface area contributed by atoms with Crippen LogP contribution in [0.2, 0.25) is 0 Å². The minimum atomic E-state index is 0.0456. The van der Waals surface area contributed by atoms with Gasteiger partial charge in [-0.2, -0.15) is 5.26 Å². The second-order valence-corrected chi connectivity index (χ2v) is 4.63. The van der Waals surface area contributed by atoms with E-state index in [1.54, 1.807) is 0 Å². The summed E-state index contributed by atoms with van der Waals surface area (Å²) in [5.41, 5.74) is 1.31. The van der Waals surface area contributed by atoms with Crippen molar-refractivity contribution in [1.29, 1.82) is 5.26 Å². The zero-order valence-corrected chi connectivity index (χ0v) is 8.65. The maximum absolute atomic E-state index is 8.78. The van der Waals surface area contributed by atoms with Crippen molar-refractivity contribution < 1.29 is 0 Å². The molecule has 0 bridgehead atoms. The maximum Gasteiger partial charge on any atom is 0.0700 e. The number of nitriles is 1. The molecule has 1 heteroatoms. The highest BCUT2D eigenvalue weighted by Crippen LogP contribution is 2.25. The molecule has 68 valence electrons. The van der Waals surface area contributed by atoms with Gasteiger partial charge in [0.15, 0.2) is 0 Å². The third kappa shape index (κ3) is 4.96. The number of nitrogens with zero attached hydrogens (tertiary/aromatic N) is 1. The van der Waals surface area contributed by atoms with E-state index in [1.807, 2.05) is 6.92 Å². The van der Waals surface area contributed by atoms with Crippen molar-refractivity contribution in [3.05, 3.63) is 12.2 Å². The molecule has 12 heavy (non-hydrogen) atoms. The average Bonchev–Trinajstić information content (AvgIpc) is 1.85. The fourth-order valence-electron chi connectivity index (χ4n) is 0.998. The van der Waals surface area contributed by atoms with Gasteiger partial charge in [0.1, 0.15) is 0 Å². The largest absolute Gasteiger partial charge is 0.198 e. The van der Waals surface area contributed by atoms with Gasteiger partial charge in [-0.1, -0.05) is 32.9 Å². The van der Waals surface area contributed by atoms with Gasteiger partial charge in [0.25, 0.3) is 0 Å². The van der Waals surface area contributed by atoms with Crippen molar-refractivity contribution in [3.63, 3.8) is 0 Å². The van der Waals surface area contributed by atoms with Crippen LogP contribution >= 0.6 is 0 Å². The van der Waals surface area contributed by atoms with Crippen molar-refractivity contribution in [2.24, 2.45) is 11.3 Å². The molecule has 0 amide bonds. The van der Waals surface area contributed by atoms with Crippen LogP contribution in [0, 0.1) is 22.7 Å². The first-order chi connectivity index (χ1) is 5.37. The molecule has 0 aromatic rings. The fraction of sp³-hybridized carbons (Fsp3) is 0.727. The number of hydrogen-bond donors (Lipinski definition) is 0. The topological polar surface area (TPSA) is 23.8 Å². The molecule has 0 N–H and O–H groups in total. The highest BCUT2D eigenvalue weighted by Gasteiger charge is 2.14. The smallest absolute Gasteiger partial charge is 0.0700 e. The third-order valence-electron chi connectivity index (χ3n) is 1.93. The van der Waals surface area contributed by atoms with Crippen LogP contribution in [-0.4, -0.2) is 0 Å². The summed E-state index contributed by atoms with van der Waals surface area (Å²) >= 11 is 0. The highest BCUT2D eigenvalue weighted by molar-refractivity contribution is 5.06. The molecular formula is C11H19N. The molecule has 0 aromatic heterocycles. The van der Waals surface area contributed by atoms with E-state index in [2.05, 4.69) is 33.4 Å². The minimum Gasteiger partial charge on any atom is -0.198 e. The molecule has 0 saturated heterocycles. The average molecular weight is 165 g/mol. The molecular weight excluding hydrogens is 146 g/mol. The summed E-state index contributed by atoms with van der Waals surface area (Å²) in [6, 6.07) is 2.27. The Morgan fingerprint density at radius 3 is 2.25 bits per heavy atom. The van der Waals surface area contributed by atoms with Crippen LogP contribution < -0.4 is 0 Å². The summed E-state index contributed by atoms with van der Waals surface area (Å²) < 4.78 is 0. The standard InChI is InChI=1S/C11H19N/c1-9(2)10(8-12)6-7-11(3,4)5/h10H,1,6-7H2,2-5H3. The molecule has 0 radical (unpaired) electrons. The molecule has 0 saturated carbocycles. The molecule has 1 nitrogen and oxygen atoms in total. The van der Waals surface area contributed by atoms with Gasteiger partial charge in [0.2, 0.25) is 0 Å². The van der Waals surface area contributed by atoms with Crippen molar-refractivity contribution in [2.75, 3.05) is 0 Å². The zero-order valence-electron chi connectivity index (χ0n) is 8.65. The van der Waals surface area contributed by atoms with Gasteiger partial charge in [-0.3, -0.25) is 0 Å². The van der Waals surface area contributed by atoms with Crippen LogP contribution in [0.3, 0.4) is 0 Å². The number of hydrogen-bond acceptors (Lipinski definition) is 1. The summed E-state index contributed by atoms with van der Waals surface area (Å²) in [6.07, 6.45) is 2.02. The molecule has 0 spiro atoms. The Hall–Kier alpha value is -0.770. The first kappa shape index (κ1) is 11.2. The van der Waals surface area contributed by atoms with Gasteiger partial charge in [-0.05, 0) is 25.2 Å². The number of rotatable bonds is 3. The van der Waals surface area contributed by atoms with Gasteiger partial charge in [-0.15, -0.1) is 0 Å². The minimum absolute atomic E-state index is 0.0456. The Kier molecular flexibility index (Phi) is 4.03. The molecule has 0 aliphatic heterocycles. The van der Waals surface area contributed by atoms with Crippen LogP contribution in [-0.2, 0) is 0 Å². The van der Waals surface area contributed by atoms with Gasteiger partial charge in [0, 0.05) is 0 Å². The Morgan fingerprint density at radius 1 is 1.50 bits per heavy atom. The van der Waals surface area contributed by atoms with Gasteiger partial charge in [0.05, 0.1) is 12.0 Å². The summed E-state index contributed by atoms with van der Waals surface area (Å²) in [6.45, 7) is 12.3. The SMILES string of the molecule is C=C(C)C(C#N)CCC(C)(C)C. The predicted molar refractivity (Wildman–Crippen MR) is 52.6 cm³/mol. The summed E-state index contributed by atoms with van der Waals surface area (Å²) in [7, 11) is 0. The summed E-state index contributed by atoms with van der Waals surface area (Å²) in [5, 5.41) is 8.78. The highest BCUT2D eigenvalue weighted by atomic mass is 14.3. The molecule has 0 aliphatic rings. The monoisotopic (exact) mass is 165 g/mol. The maximum atomic E-state index is 8.78. The van der Waals surface area contributed by atoms with Gasteiger partial charge >= 0.3 is 0 Å². The third-order valence-corrected chi connectivity index (χ3v) is 1.93. The predicted octanol–water partition coefficient (Wildman–Crippen LogP) is 3.53. The van der Waals surface area contributed by atoms with Crippen LogP contribution in [0.1, 0.15) is 40.5 Å². The van der Waals surface area contributed by atoms with E-state index in [4.69, 9.17) is 5.26 Å². The Balaban J connectivity index is 3.92. The molecule has 0 fully saturated rings. The number of allylic oxidation sites excluding steroid dienone is 1. The van der Waals surface area contributed by atoms with Crippen LogP contribution in [0.5, 0.6) is 0 Å². The molecule has 0 aromatic carbocycles. The first-order valence-electron chi connectivity index (χ1n) is 4.42. The van der Waals surface area contributed by atoms with Crippen molar-refractivity contribution in [3.8, 4) is 6.07 Å². The van der Waals surface area contributed by atoms with E-state index in [-0.39, 0.29) is 5.92 Å². The second-order valence-electron chi connectivity index (χ2n) is 4.63. The Morgan fingerprint density at radius 2 is 2.00 bits per heavy atom. The normalized spacial score (nSPS) is 13.6. The first-order valence-corrected chi connectivity index (χ1v) is 4.42. The summed E-state index contributed by atoms with van der Waals surface area (Å²) in [4.78, 5) is 0. The van der Waals surface area contributed by atoms with Crippen molar-refractivity contribution in [1.82, 2.24) is 0 Å². The zero-order chi connectivity index (χ0) is 9.78. The van der Waals surface area contributed by atoms with Gasteiger partial charge in [-0.25, -0.2) is 0 Å². The van der Waals surface area contributed by atoms with Crippen molar-refractivity contribution in [2.45, 2.75) is 40.5 Å². The van der Waals surface area contributed by atoms with E-state index in [0.29, 0.717) is 5.41 Å².